The monoisotopic (exact) mass is 331 g/mol. The van der Waals surface area contributed by atoms with Crippen molar-refractivity contribution in [1.29, 1.82) is 0 Å². The van der Waals surface area contributed by atoms with Gasteiger partial charge >= 0.3 is 5.97 Å². The molecule has 0 saturated carbocycles. The van der Waals surface area contributed by atoms with Crippen molar-refractivity contribution in [2.24, 2.45) is 11.8 Å². The number of ether oxygens (including phenoxy) is 1. The third kappa shape index (κ3) is 5.11. The molecule has 1 aromatic rings. The average molecular weight is 331 g/mol. The lowest BCUT2D eigenvalue weighted by Crippen LogP contribution is -2.34. The first-order valence-electron chi connectivity index (χ1n) is 8.53. The van der Waals surface area contributed by atoms with Crippen LogP contribution in [0.1, 0.15) is 39.0 Å². The first-order valence-corrected chi connectivity index (χ1v) is 8.53. The molecule has 1 amide bonds. The highest BCUT2D eigenvalue weighted by molar-refractivity contribution is 5.95. The fraction of sp³-hybridized carbons (Fsp3) is 0.474. The molecular weight excluding hydrogens is 306 g/mol. The van der Waals surface area contributed by atoms with E-state index in [9.17, 15) is 14.7 Å². The van der Waals surface area contributed by atoms with Crippen LogP contribution in [0, 0.1) is 11.8 Å². The summed E-state index contributed by atoms with van der Waals surface area (Å²) in [5, 5.41) is 12.1. The molecule has 5 nitrogen and oxygen atoms in total. The summed E-state index contributed by atoms with van der Waals surface area (Å²) >= 11 is 0. The van der Waals surface area contributed by atoms with Gasteiger partial charge in [-0.05, 0) is 43.5 Å². The van der Waals surface area contributed by atoms with E-state index in [2.05, 4.69) is 12.2 Å². The molecule has 0 bridgehead atoms. The summed E-state index contributed by atoms with van der Waals surface area (Å²) in [5.74, 6) is -1.58. The van der Waals surface area contributed by atoms with Crippen LogP contribution in [0.2, 0.25) is 0 Å². The maximum absolute atomic E-state index is 12.4. The van der Waals surface area contributed by atoms with E-state index in [1.165, 1.54) is 0 Å². The Balaban J connectivity index is 1.89. The molecule has 5 heteroatoms. The summed E-state index contributed by atoms with van der Waals surface area (Å²) in [7, 11) is 0. The smallest absolute Gasteiger partial charge is 0.307 e. The summed E-state index contributed by atoms with van der Waals surface area (Å²) in [5.41, 5.74) is 0.652. The number of rotatable bonds is 8. The standard InChI is InChI=1S/C19H25NO4/c1-2-3-6-13-24-15-11-9-14(10-12-15)20-18(21)16-7-4-5-8-17(16)19(22)23/h4-5,9-12,16-17H,2-3,6-8,13H2,1H3,(H,20,21)(H,22,23)/t16-,17+/m1/s1. The number of benzene rings is 1. The number of allylic oxidation sites excluding steroid dienone is 2. The molecule has 0 aromatic heterocycles. The predicted octanol–water partition coefficient (Wildman–Crippen LogP) is 3.86. The fourth-order valence-electron chi connectivity index (χ4n) is 2.79. The Morgan fingerprint density at radius 2 is 1.79 bits per heavy atom. The number of nitrogens with one attached hydrogen (secondary N) is 1. The first-order chi connectivity index (χ1) is 11.6. The van der Waals surface area contributed by atoms with Gasteiger partial charge in [-0.1, -0.05) is 31.9 Å². The van der Waals surface area contributed by atoms with Crippen molar-refractivity contribution >= 4 is 17.6 Å². The van der Waals surface area contributed by atoms with Gasteiger partial charge in [-0.25, -0.2) is 0 Å². The molecule has 1 aromatic carbocycles. The van der Waals surface area contributed by atoms with E-state index >= 15 is 0 Å². The second-order valence-corrected chi connectivity index (χ2v) is 6.06. The summed E-state index contributed by atoms with van der Waals surface area (Å²) in [6, 6.07) is 7.19. The zero-order valence-electron chi connectivity index (χ0n) is 14.0. The minimum atomic E-state index is -0.921. The van der Waals surface area contributed by atoms with Crippen LogP contribution in [-0.2, 0) is 9.59 Å². The van der Waals surface area contributed by atoms with Gasteiger partial charge in [0.2, 0.25) is 5.91 Å². The van der Waals surface area contributed by atoms with Crippen LogP contribution in [0.5, 0.6) is 5.75 Å². The van der Waals surface area contributed by atoms with Crippen molar-refractivity contribution in [3.05, 3.63) is 36.4 Å². The van der Waals surface area contributed by atoms with Gasteiger partial charge in [-0.2, -0.15) is 0 Å². The van der Waals surface area contributed by atoms with Crippen molar-refractivity contribution in [1.82, 2.24) is 0 Å². The predicted molar refractivity (Wildman–Crippen MR) is 93.1 cm³/mol. The molecule has 0 aliphatic heterocycles. The molecule has 0 fully saturated rings. The number of amides is 1. The molecule has 1 aliphatic rings. The van der Waals surface area contributed by atoms with Crippen molar-refractivity contribution in [3.8, 4) is 5.75 Å². The minimum Gasteiger partial charge on any atom is -0.494 e. The highest BCUT2D eigenvalue weighted by atomic mass is 16.5. The number of unbranched alkanes of at least 4 members (excludes halogenated alkanes) is 2. The molecule has 0 heterocycles. The quantitative estimate of drug-likeness (QED) is 0.560. The second kappa shape index (κ2) is 9.11. The Bertz CT molecular complexity index is 580. The lowest BCUT2D eigenvalue weighted by atomic mass is 9.82. The largest absolute Gasteiger partial charge is 0.494 e. The van der Waals surface area contributed by atoms with Gasteiger partial charge in [0.05, 0.1) is 18.4 Å². The molecular formula is C19H25NO4. The number of carboxylic acid groups (broad SMARTS) is 1. The van der Waals surface area contributed by atoms with E-state index in [0.717, 1.165) is 25.0 Å². The Labute approximate surface area is 142 Å². The van der Waals surface area contributed by atoms with Gasteiger partial charge < -0.3 is 15.2 Å². The van der Waals surface area contributed by atoms with Crippen LogP contribution in [0.3, 0.4) is 0 Å². The number of carbonyl (C=O) groups excluding carboxylic acids is 1. The Kier molecular flexibility index (Phi) is 6.85. The van der Waals surface area contributed by atoms with Crippen molar-refractivity contribution in [2.45, 2.75) is 39.0 Å². The number of anilines is 1. The van der Waals surface area contributed by atoms with E-state index < -0.39 is 17.8 Å². The van der Waals surface area contributed by atoms with Crippen LogP contribution in [0.25, 0.3) is 0 Å². The summed E-state index contributed by atoms with van der Waals surface area (Å²) in [6.45, 7) is 2.84. The van der Waals surface area contributed by atoms with Gasteiger partial charge in [-0.3, -0.25) is 9.59 Å². The van der Waals surface area contributed by atoms with E-state index in [1.54, 1.807) is 12.1 Å². The fourth-order valence-corrected chi connectivity index (χ4v) is 2.79. The van der Waals surface area contributed by atoms with Crippen LogP contribution in [-0.4, -0.2) is 23.6 Å². The summed E-state index contributed by atoms with van der Waals surface area (Å²) in [4.78, 5) is 23.7. The topological polar surface area (TPSA) is 75.6 Å². The Morgan fingerprint density at radius 3 is 2.42 bits per heavy atom. The van der Waals surface area contributed by atoms with Crippen molar-refractivity contribution in [2.75, 3.05) is 11.9 Å². The second-order valence-electron chi connectivity index (χ2n) is 6.06. The molecule has 1 aliphatic carbocycles. The zero-order chi connectivity index (χ0) is 17.4. The zero-order valence-corrected chi connectivity index (χ0v) is 14.0. The van der Waals surface area contributed by atoms with Crippen LogP contribution in [0.15, 0.2) is 36.4 Å². The van der Waals surface area contributed by atoms with Gasteiger partial charge in [0.25, 0.3) is 0 Å². The van der Waals surface area contributed by atoms with Crippen LogP contribution >= 0.6 is 0 Å². The molecule has 24 heavy (non-hydrogen) atoms. The lowest BCUT2D eigenvalue weighted by Gasteiger charge is -2.24. The third-order valence-corrected chi connectivity index (χ3v) is 4.22. The maximum atomic E-state index is 12.4. The lowest BCUT2D eigenvalue weighted by molar-refractivity contribution is -0.146. The van der Waals surface area contributed by atoms with Gasteiger partial charge in [-0.15, -0.1) is 0 Å². The molecule has 2 N–H and O–H groups in total. The molecule has 0 radical (unpaired) electrons. The maximum Gasteiger partial charge on any atom is 0.307 e. The van der Waals surface area contributed by atoms with E-state index in [4.69, 9.17) is 4.74 Å². The van der Waals surface area contributed by atoms with E-state index in [0.29, 0.717) is 25.1 Å². The summed E-state index contributed by atoms with van der Waals surface area (Å²) < 4.78 is 5.63. The normalized spacial score (nSPS) is 19.7. The van der Waals surface area contributed by atoms with E-state index in [-0.39, 0.29) is 5.91 Å². The Morgan fingerprint density at radius 1 is 1.12 bits per heavy atom. The summed E-state index contributed by atoms with van der Waals surface area (Å²) in [6.07, 6.45) is 7.89. The average Bonchev–Trinajstić information content (AvgIpc) is 2.60. The number of hydrogen-bond acceptors (Lipinski definition) is 3. The number of hydrogen-bond donors (Lipinski definition) is 2. The van der Waals surface area contributed by atoms with Gasteiger partial charge in [0.15, 0.2) is 0 Å². The SMILES string of the molecule is CCCCCOc1ccc(NC(=O)[C@@H]2CC=CC[C@@H]2C(=O)O)cc1. The minimum absolute atomic E-state index is 0.247. The van der Waals surface area contributed by atoms with Gasteiger partial charge in [0.1, 0.15) is 5.75 Å². The molecule has 2 rings (SSSR count). The third-order valence-electron chi connectivity index (χ3n) is 4.22. The van der Waals surface area contributed by atoms with Crippen molar-refractivity contribution in [3.63, 3.8) is 0 Å². The van der Waals surface area contributed by atoms with Gasteiger partial charge in [0, 0.05) is 5.69 Å². The molecule has 2 atom stereocenters. The van der Waals surface area contributed by atoms with E-state index in [1.807, 2.05) is 24.3 Å². The highest BCUT2D eigenvalue weighted by Crippen LogP contribution is 2.27. The van der Waals surface area contributed by atoms with Crippen LogP contribution < -0.4 is 10.1 Å². The number of carboxylic acids is 1. The molecule has 0 saturated heterocycles. The number of aliphatic carboxylic acids is 1. The molecule has 0 spiro atoms. The molecule has 130 valence electrons. The van der Waals surface area contributed by atoms with Crippen LogP contribution in [0.4, 0.5) is 5.69 Å². The number of carbonyl (C=O) groups is 2. The highest BCUT2D eigenvalue weighted by Gasteiger charge is 2.33. The molecule has 0 unspecified atom stereocenters. The Hall–Kier alpha value is -2.30. The van der Waals surface area contributed by atoms with Crippen molar-refractivity contribution < 1.29 is 19.4 Å². The first kappa shape index (κ1) is 18.0.